The van der Waals surface area contributed by atoms with Gasteiger partial charge in [-0.15, -0.1) is 0 Å². The van der Waals surface area contributed by atoms with Crippen LogP contribution < -0.4 is 4.90 Å². The Kier molecular flexibility index (Phi) is 6.29. The maximum atomic E-state index is 12.3. The molecule has 3 rings (SSSR count). The molecule has 1 atom stereocenters. The standard InChI is InChI=1S/C22H22BrNO4/c1-14(2)15-5-9-19(10-6-15)24-12-17(11-21(24)26)22(27)28-13-20(25)16-3-7-18(23)8-4-16/h3-10,14,17H,11-13H2,1-2H3. The number of benzene rings is 2. The second-order valence-corrected chi connectivity index (χ2v) is 8.11. The van der Waals surface area contributed by atoms with Crippen LogP contribution in [0.5, 0.6) is 0 Å². The van der Waals surface area contributed by atoms with Crippen LogP contribution in [0.3, 0.4) is 0 Å². The van der Waals surface area contributed by atoms with Gasteiger partial charge >= 0.3 is 5.97 Å². The summed E-state index contributed by atoms with van der Waals surface area (Å²) in [7, 11) is 0. The number of hydrogen-bond donors (Lipinski definition) is 0. The Labute approximate surface area is 172 Å². The predicted molar refractivity (Wildman–Crippen MR) is 110 cm³/mol. The van der Waals surface area contributed by atoms with E-state index in [1.54, 1.807) is 29.2 Å². The molecule has 0 N–H and O–H groups in total. The summed E-state index contributed by atoms with van der Waals surface area (Å²) in [6, 6.07) is 14.6. The molecule has 0 saturated carbocycles. The highest BCUT2D eigenvalue weighted by Gasteiger charge is 2.36. The lowest BCUT2D eigenvalue weighted by atomic mass is 10.0. The van der Waals surface area contributed by atoms with Crippen LogP contribution in [0, 0.1) is 5.92 Å². The molecule has 1 aliphatic rings. The van der Waals surface area contributed by atoms with Gasteiger partial charge in [0.15, 0.2) is 12.4 Å². The van der Waals surface area contributed by atoms with E-state index in [-0.39, 0.29) is 31.3 Å². The largest absolute Gasteiger partial charge is 0.457 e. The van der Waals surface area contributed by atoms with E-state index in [2.05, 4.69) is 29.8 Å². The van der Waals surface area contributed by atoms with Crippen LogP contribution in [0.15, 0.2) is 53.0 Å². The van der Waals surface area contributed by atoms with Crippen LogP contribution in [-0.2, 0) is 14.3 Å². The molecule has 0 aliphatic carbocycles. The molecule has 0 spiro atoms. The number of hydrogen-bond acceptors (Lipinski definition) is 4. The minimum Gasteiger partial charge on any atom is -0.457 e. The van der Waals surface area contributed by atoms with Gasteiger partial charge in [-0.25, -0.2) is 0 Å². The summed E-state index contributed by atoms with van der Waals surface area (Å²) in [5.41, 5.74) is 2.44. The minimum atomic E-state index is -0.560. The molecule has 5 nitrogen and oxygen atoms in total. The summed E-state index contributed by atoms with van der Waals surface area (Å²) in [4.78, 5) is 38.4. The molecule has 2 aromatic carbocycles. The van der Waals surface area contributed by atoms with E-state index in [9.17, 15) is 14.4 Å². The maximum Gasteiger partial charge on any atom is 0.311 e. The van der Waals surface area contributed by atoms with E-state index in [1.165, 1.54) is 5.56 Å². The third-order valence-electron chi connectivity index (χ3n) is 4.84. The first-order valence-corrected chi connectivity index (χ1v) is 10.00. The molecule has 28 heavy (non-hydrogen) atoms. The summed E-state index contributed by atoms with van der Waals surface area (Å²) < 4.78 is 6.04. The lowest BCUT2D eigenvalue weighted by Gasteiger charge is -2.17. The Morgan fingerprint density at radius 3 is 2.36 bits per heavy atom. The van der Waals surface area contributed by atoms with Crippen molar-refractivity contribution in [1.29, 1.82) is 0 Å². The minimum absolute atomic E-state index is 0.0945. The summed E-state index contributed by atoms with van der Waals surface area (Å²) in [5.74, 6) is -1.05. The fraction of sp³-hybridized carbons (Fsp3) is 0.318. The van der Waals surface area contributed by atoms with Crippen molar-refractivity contribution in [2.24, 2.45) is 5.92 Å². The highest BCUT2D eigenvalue weighted by molar-refractivity contribution is 9.10. The zero-order chi connectivity index (χ0) is 20.3. The first-order valence-electron chi connectivity index (χ1n) is 9.21. The molecule has 2 aromatic rings. The molecule has 0 radical (unpaired) electrons. The van der Waals surface area contributed by atoms with Crippen molar-refractivity contribution in [2.45, 2.75) is 26.2 Å². The SMILES string of the molecule is CC(C)c1ccc(N2CC(C(=O)OCC(=O)c3ccc(Br)cc3)CC2=O)cc1. The molecule has 1 unspecified atom stereocenters. The summed E-state index contributed by atoms with van der Waals surface area (Å²) in [6.07, 6.45) is 0.0945. The smallest absolute Gasteiger partial charge is 0.311 e. The van der Waals surface area contributed by atoms with Crippen molar-refractivity contribution < 1.29 is 19.1 Å². The van der Waals surface area contributed by atoms with Crippen molar-refractivity contribution in [3.63, 3.8) is 0 Å². The number of Topliss-reactive ketones (excluding diaryl/α,β-unsaturated/α-hetero) is 1. The van der Waals surface area contributed by atoms with Crippen molar-refractivity contribution in [1.82, 2.24) is 0 Å². The number of ketones is 1. The van der Waals surface area contributed by atoms with Crippen LogP contribution in [0.1, 0.15) is 42.1 Å². The molecular weight excluding hydrogens is 422 g/mol. The first kappa shape index (κ1) is 20.3. The number of carbonyl (C=O) groups is 3. The molecule has 1 saturated heterocycles. The second kappa shape index (κ2) is 8.69. The molecule has 0 aromatic heterocycles. The lowest BCUT2D eigenvalue weighted by Crippen LogP contribution is -2.27. The van der Waals surface area contributed by atoms with Gasteiger partial charge < -0.3 is 9.64 Å². The Balaban J connectivity index is 1.57. The number of anilines is 1. The van der Waals surface area contributed by atoms with Crippen LogP contribution in [-0.4, -0.2) is 30.8 Å². The van der Waals surface area contributed by atoms with E-state index in [4.69, 9.17) is 4.74 Å². The van der Waals surface area contributed by atoms with Crippen molar-refractivity contribution in [3.05, 3.63) is 64.1 Å². The quantitative estimate of drug-likeness (QED) is 0.491. The Morgan fingerprint density at radius 1 is 1.11 bits per heavy atom. The van der Waals surface area contributed by atoms with Gasteiger partial charge in [0.05, 0.1) is 5.92 Å². The fourth-order valence-electron chi connectivity index (χ4n) is 3.13. The van der Waals surface area contributed by atoms with Gasteiger partial charge in [-0.2, -0.15) is 0 Å². The van der Waals surface area contributed by atoms with Gasteiger partial charge in [-0.1, -0.05) is 54.0 Å². The first-order chi connectivity index (χ1) is 13.3. The normalized spacial score (nSPS) is 16.5. The van der Waals surface area contributed by atoms with Crippen molar-refractivity contribution in [3.8, 4) is 0 Å². The number of esters is 1. The Hall–Kier alpha value is -2.47. The predicted octanol–water partition coefficient (Wildman–Crippen LogP) is 4.35. The average molecular weight is 444 g/mol. The van der Waals surface area contributed by atoms with Gasteiger partial charge in [0.25, 0.3) is 0 Å². The lowest BCUT2D eigenvalue weighted by molar-refractivity contribution is -0.147. The van der Waals surface area contributed by atoms with Crippen LogP contribution in [0.2, 0.25) is 0 Å². The Morgan fingerprint density at radius 2 is 1.75 bits per heavy atom. The van der Waals surface area contributed by atoms with E-state index in [1.807, 2.05) is 24.3 Å². The Bertz CT molecular complexity index is 874. The molecule has 1 fully saturated rings. The molecule has 0 bridgehead atoms. The molecule has 1 aliphatic heterocycles. The van der Waals surface area contributed by atoms with Crippen LogP contribution >= 0.6 is 15.9 Å². The van der Waals surface area contributed by atoms with Gasteiger partial charge in [0.2, 0.25) is 5.91 Å². The topological polar surface area (TPSA) is 63.7 Å². The van der Waals surface area contributed by atoms with Crippen LogP contribution in [0.25, 0.3) is 0 Å². The van der Waals surface area contributed by atoms with Crippen molar-refractivity contribution in [2.75, 3.05) is 18.1 Å². The summed E-state index contributed by atoms with van der Waals surface area (Å²) in [5, 5.41) is 0. The number of rotatable bonds is 6. The second-order valence-electron chi connectivity index (χ2n) is 7.19. The highest BCUT2D eigenvalue weighted by Crippen LogP contribution is 2.27. The zero-order valence-electron chi connectivity index (χ0n) is 15.9. The summed E-state index contributed by atoms with van der Waals surface area (Å²) >= 11 is 3.31. The number of amides is 1. The highest BCUT2D eigenvalue weighted by atomic mass is 79.9. The number of ether oxygens (including phenoxy) is 1. The number of carbonyl (C=O) groups excluding carboxylic acids is 3. The van der Waals surface area contributed by atoms with E-state index >= 15 is 0 Å². The summed E-state index contributed by atoms with van der Waals surface area (Å²) in [6.45, 7) is 4.16. The third-order valence-corrected chi connectivity index (χ3v) is 5.37. The molecule has 1 heterocycles. The average Bonchev–Trinajstić information content (AvgIpc) is 3.08. The number of halogens is 1. The zero-order valence-corrected chi connectivity index (χ0v) is 17.4. The van der Waals surface area contributed by atoms with Gasteiger partial charge in [0.1, 0.15) is 0 Å². The molecule has 1 amide bonds. The van der Waals surface area contributed by atoms with Gasteiger partial charge in [-0.3, -0.25) is 14.4 Å². The fourth-order valence-corrected chi connectivity index (χ4v) is 3.39. The van der Waals surface area contributed by atoms with E-state index < -0.39 is 11.9 Å². The number of nitrogens with zero attached hydrogens (tertiary/aromatic N) is 1. The molecule has 146 valence electrons. The third kappa shape index (κ3) is 4.68. The molecule has 6 heteroatoms. The van der Waals surface area contributed by atoms with Crippen molar-refractivity contribution >= 4 is 39.3 Å². The van der Waals surface area contributed by atoms with E-state index in [0.717, 1.165) is 10.2 Å². The molecular formula is C22H22BrNO4. The van der Waals surface area contributed by atoms with Gasteiger partial charge in [-0.05, 0) is 35.7 Å². The monoisotopic (exact) mass is 443 g/mol. The van der Waals surface area contributed by atoms with Crippen LogP contribution in [0.4, 0.5) is 5.69 Å². The maximum absolute atomic E-state index is 12.3. The van der Waals surface area contributed by atoms with Gasteiger partial charge in [0, 0.05) is 28.7 Å². The van der Waals surface area contributed by atoms with E-state index in [0.29, 0.717) is 11.5 Å².